The fourth-order valence-corrected chi connectivity index (χ4v) is 1.85. The van der Waals surface area contributed by atoms with Gasteiger partial charge in [-0.1, -0.05) is 11.6 Å². The Hall–Kier alpha value is -1.74. The maximum Gasteiger partial charge on any atom is 0.193 e. The second-order valence-electron chi connectivity index (χ2n) is 3.98. The second kappa shape index (κ2) is 4.86. The van der Waals surface area contributed by atoms with E-state index >= 15 is 0 Å². The third kappa shape index (κ3) is 2.57. The van der Waals surface area contributed by atoms with Crippen molar-refractivity contribution in [3.05, 3.63) is 69.7 Å². The summed E-state index contributed by atoms with van der Waals surface area (Å²) < 4.78 is 26.2. The van der Waals surface area contributed by atoms with E-state index in [4.69, 9.17) is 11.6 Å². The molecule has 0 amide bonds. The molecule has 92 valence electrons. The predicted octanol–water partition coefficient (Wildman–Crippen LogP) is 4.16. The Morgan fingerprint density at radius 1 is 1.06 bits per heavy atom. The molecule has 0 saturated carbocycles. The van der Waals surface area contributed by atoms with Gasteiger partial charge in [-0.05, 0) is 48.9 Å². The smallest absolute Gasteiger partial charge is 0.193 e. The van der Waals surface area contributed by atoms with Crippen LogP contribution in [0, 0.1) is 18.6 Å². The van der Waals surface area contributed by atoms with Crippen LogP contribution in [0.15, 0.2) is 36.4 Å². The number of rotatable bonds is 2. The van der Waals surface area contributed by atoms with Crippen LogP contribution in [0.4, 0.5) is 8.78 Å². The van der Waals surface area contributed by atoms with Crippen LogP contribution in [0.5, 0.6) is 0 Å². The van der Waals surface area contributed by atoms with Crippen LogP contribution < -0.4 is 0 Å². The number of hydrogen-bond acceptors (Lipinski definition) is 1. The minimum Gasteiger partial charge on any atom is -0.289 e. The molecule has 0 atom stereocenters. The fourth-order valence-electron chi connectivity index (χ4n) is 1.67. The van der Waals surface area contributed by atoms with Crippen LogP contribution in [0.25, 0.3) is 0 Å². The molecule has 0 saturated heterocycles. The average Bonchev–Trinajstić information content (AvgIpc) is 2.30. The van der Waals surface area contributed by atoms with Gasteiger partial charge in [0.1, 0.15) is 11.6 Å². The summed E-state index contributed by atoms with van der Waals surface area (Å²) in [5.74, 6) is -1.46. The van der Waals surface area contributed by atoms with Crippen molar-refractivity contribution in [1.29, 1.82) is 0 Å². The highest BCUT2D eigenvalue weighted by Gasteiger charge is 2.12. The Bertz CT molecular complexity index is 603. The van der Waals surface area contributed by atoms with Crippen LogP contribution in [0.2, 0.25) is 5.02 Å². The van der Waals surface area contributed by atoms with Crippen molar-refractivity contribution in [3.8, 4) is 0 Å². The van der Waals surface area contributed by atoms with E-state index in [9.17, 15) is 13.6 Å². The van der Waals surface area contributed by atoms with Gasteiger partial charge in [-0.2, -0.15) is 0 Å². The number of hydrogen-bond donors (Lipinski definition) is 0. The van der Waals surface area contributed by atoms with E-state index in [1.165, 1.54) is 18.2 Å². The van der Waals surface area contributed by atoms with Gasteiger partial charge in [0.05, 0.1) is 5.02 Å². The third-order valence-corrected chi connectivity index (χ3v) is 2.78. The molecule has 0 aliphatic heterocycles. The van der Waals surface area contributed by atoms with E-state index in [1.54, 1.807) is 13.0 Å². The first-order valence-corrected chi connectivity index (χ1v) is 5.62. The minimum absolute atomic E-state index is 0.131. The molecule has 0 fully saturated rings. The van der Waals surface area contributed by atoms with Gasteiger partial charge in [0.15, 0.2) is 5.78 Å². The molecule has 2 rings (SSSR count). The molecule has 2 aromatic rings. The lowest BCUT2D eigenvalue weighted by atomic mass is 10.0. The van der Waals surface area contributed by atoms with Gasteiger partial charge in [-0.25, -0.2) is 8.78 Å². The van der Waals surface area contributed by atoms with Gasteiger partial charge in [0.2, 0.25) is 0 Å². The number of halogens is 3. The molecular weight excluding hydrogens is 258 g/mol. The van der Waals surface area contributed by atoms with Crippen molar-refractivity contribution in [2.75, 3.05) is 0 Å². The topological polar surface area (TPSA) is 17.1 Å². The highest BCUT2D eigenvalue weighted by Crippen LogP contribution is 2.19. The molecule has 4 heteroatoms. The van der Waals surface area contributed by atoms with Crippen LogP contribution in [-0.2, 0) is 0 Å². The Morgan fingerprint density at radius 2 is 1.78 bits per heavy atom. The first kappa shape index (κ1) is 12.7. The second-order valence-corrected chi connectivity index (χ2v) is 4.38. The molecule has 0 radical (unpaired) electrons. The van der Waals surface area contributed by atoms with E-state index < -0.39 is 11.6 Å². The van der Waals surface area contributed by atoms with Crippen molar-refractivity contribution in [3.63, 3.8) is 0 Å². The number of ketones is 1. The first-order valence-electron chi connectivity index (χ1n) is 5.24. The number of carbonyl (C=O) groups excluding carboxylic acids is 1. The van der Waals surface area contributed by atoms with Gasteiger partial charge < -0.3 is 0 Å². The molecule has 0 heterocycles. The zero-order valence-corrected chi connectivity index (χ0v) is 10.3. The van der Waals surface area contributed by atoms with Crippen LogP contribution in [-0.4, -0.2) is 5.78 Å². The van der Waals surface area contributed by atoms with E-state index in [1.807, 2.05) is 0 Å². The fraction of sp³-hybridized carbons (Fsp3) is 0.0714. The van der Waals surface area contributed by atoms with Crippen molar-refractivity contribution in [1.82, 2.24) is 0 Å². The lowest BCUT2D eigenvalue weighted by Gasteiger charge is -2.04. The average molecular weight is 267 g/mol. The van der Waals surface area contributed by atoms with Crippen molar-refractivity contribution >= 4 is 17.4 Å². The number of benzene rings is 2. The van der Waals surface area contributed by atoms with Crippen molar-refractivity contribution < 1.29 is 13.6 Å². The maximum absolute atomic E-state index is 13.2. The van der Waals surface area contributed by atoms with Gasteiger partial charge in [-0.3, -0.25) is 4.79 Å². The van der Waals surface area contributed by atoms with E-state index in [0.717, 1.165) is 12.1 Å². The summed E-state index contributed by atoms with van der Waals surface area (Å²) in [7, 11) is 0. The summed E-state index contributed by atoms with van der Waals surface area (Å²) in [5, 5.41) is -0.131. The maximum atomic E-state index is 13.2. The molecule has 0 N–H and O–H groups in total. The molecule has 0 aliphatic carbocycles. The lowest BCUT2D eigenvalue weighted by Crippen LogP contribution is -2.02. The normalized spacial score (nSPS) is 10.4. The zero-order valence-electron chi connectivity index (χ0n) is 9.51. The van der Waals surface area contributed by atoms with Crippen molar-refractivity contribution in [2.45, 2.75) is 6.92 Å². The minimum atomic E-state index is -0.594. The Kier molecular flexibility index (Phi) is 3.43. The summed E-state index contributed by atoms with van der Waals surface area (Å²) in [6.07, 6.45) is 0. The molecule has 0 bridgehead atoms. The predicted molar refractivity (Wildman–Crippen MR) is 66.0 cm³/mol. The van der Waals surface area contributed by atoms with E-state index in [0.29, 0.717) is 5.56 Å². The lowest BCUT2D eigenvalue weighted by molar-refractivity contribution is 0.103. The number of aryl methyl sites for hydroxylation is 1. The van der Waals surface area contributed by atoms with Crippen LogP contribution >= 0.6 is 11.6 Å². The third-order valence-electron chi connectivity index (χ3n) is 2.49. The Balaban J connectivity index is 2.44. The standard InChI is InChI=1S/C14H9ClF2O/c1-8-4-10(6-11(16)5-8)14(18)9-2-3-13(17)12(15)7-9/h2-7H,1H3. The van der Waals surface area contributed by atoms with Gasteiger partial charge in [-0.15, -0.1) is 0 Å². The van der Waals surface area contributed by atoms with Gasteiger partial charge in [0.25, 0.3) is 0 Å². The van der Waals surface area contributed by atoms with E-state index in [2.05, 4.69) is 0 Å². The largest absolute Gasteiger partial charge is 0.289 e. The van der Waals surface area contributed by atoms with Crippen molar-refractivity contribution in [2.24, 2.45) is 0 Å². The van der Waals surface area contributed by atoms with E-state index in [-0.39, 0.29) is 21.9 Å². The number of carbonyl (C=O) groups is 1. The zero-order chi connectivity index (χ0) is 13.3. The monoisotopic (exact) mass is 266 g/mol. The molecule has 0 aliphatic rings. The quantitative estimate of drug-likeness (QED) is 0.746. The van der Waals surface area contributed by atoms with Gasteiger partial charge in [0, 0.05) is 11.1 Å². The summed E-state index contributed by atoms with van der Waals surface area (Å²) in [6.45, 7) is 1.69. The highest BCUT2D eigenvalue weighted by molar-refractivity contribution is 6.31. The Morgan fingerprint density at radius 3 is 2.39 bits per heavy atom. The Labute approximate surface area is 108 Å². The molecular formula is C14H9ClF2O. The molecule has 0 spiro atoms. The SMILES string of the molecule is Cc1cc(F)cc(C(=O)c2ccc(F)c(Cl)c2)c1. The summed E-state index contributed by atoms with van der Waals surface area (Å²) >= 11 is 5.61. The molecule has 0 unspecified atom stereocenters. The summed E-state index contributed by atoms with van der Waals surface area (Å²) in [4.78, 5) is 12.1. The molecule has 0 aromatic heterocycles. The molecule has 18 heavy (non-hydrogen) atoms. The summed E-state index contributed by atoms with van der Waals surface area (Å²) in [5.41, 5.74) is 1.09. The summed E-state index contributed by atoms with van der Waals surface area (Å²) in [6, 6.07) is 7.72. The highest BCUT2D eigenvalue weighted by atomic mass is 35.5. The van der Waals surface area contributed by atoms with Crippen LogP contribution in [0.1, 0.15) is 21.5 Å². The van der Waals surface area contributed by atoms with Crippen LogP contribution in [0.3, 0.4) is 0 Å². The van der Waals surface area contributed by atoms with Gasteiger partial charge >= 0.3 is 0 Å². The first-order chi connectivity index (χ1) is 8.47. The molecule has 2 aromatic carbocycles. The molecule has 1 nitrogen and oxygen atoms in total.